The molecule has 74 heavy (non-hydrogen) atoms. The third kappa shape index (κ3) is 7.60. The maximum atomic E-state index is 5.14. The molecule has 0 unspecified atom stereocenters. The summed E-state index contributed by atoms with van der Waals surface area (Å²) in [4.78, 5) is 30.4. The zero-order chi connectivity index (χ0) is 49.0. The molecule has 7 nitrogen and oxygen atoms in total. The van der Waals surface area contributed by atoms with Crippen LogP contribution in [0.5, 0.6) is 0 Å². The molecule has 0 N–H and O–H groups in total. The molecule has 4 heterocycles. The Morgan fingerprint density at radius 3 is 1.15 bits per heavy atom. The van der Waals surface area contributed by atoms with Crippen molar-refractivity contribution in [2.24, 2.45) is 0 Å². The first-order chi connectivity index (χ1) is 36.7. The van der Waals surface area contributed by atoms with E-state index in [0.29, 0.717) is 34.9 Å². The van der Waals surface area contributed by atoms with Gasteiger partial charge in [0.25, 0.3) is 0 Å². The Hall–Kier alpha value is -9.76. The van der Waals surface area contributed by atoms with Crippen molar-refractivity contribution in [3.05, 3.63) is 249 Å². The van der Waals surface area contributed by atoms with E-state index >= 15 is 0 Å². The van der Waals surface area contributed by atoms with Gasteiger partial charge in [-0.1, -0.05) is 212 Å². The summed E-state index contributed by atoms with van der Waals surface area (Å²) >= 11 is 1.84. The lowest BCUT2D eigenvalue weighted by Crippen LogP contribution is -2.00. The Labute approximate surface area is 430 Å². The van der Waals surface area contributed by atoms with Gasteiger partial charge in [0.05, 0.1) is 11.0 Å². The van der Waals surface area contributed by atoms with Crippen LogP contribution < -0.4 is 0 Å². The molecule has 0 fully saturated rings. The third-order valence-corrected chi connectivity index (χ3v) is 14.9. The number of fused-ring (bicyclic) bond motifs is 7. The molecule has 0 amide bonds. The summed E-state index contributed by atoms with van der Waals surface area (Å²) in [6, 6.07) is 86.5. The molecule has 8 heteroatoms. The molecule has 10 aromatic carbocycles. The van der Waals surface area contributed by atoms with Crippen LogP contribution in [0.1, 0.15) is 0 Å². The second-order valence-electron chi connectivity index (χ2n) is 18.2. The van der Waals surface area contributed by atoms with E-state index in [1.54, 1.807) is 0 Å². The lowest BCUT2D eigenvalue weighted by Gasteiger charge is -2.12. The van der Waals surface area contributed by atoms with Gasteiger partial charge in [0, 0.05) is 75.6 Å². The smallest absolute Gasteiger partial charge is 0.164 e. The van der Waals surface area contributed by atoms with Crippen LogP contribution in [0.15, 0.2) is 249 Å². The van der Waals surface area contributed by atoms with Crippen LogP contribution in [0.2, 0.25) is 0 Å². The van der Waals surface area contributed by atoms with Gasteiger partial charge in [0.15, 0.2) is 34.9 Å². The topological polar surface area (TPSA) is 82.3 Å². The standard InChI is InChI=1S/C66H41N7S/c1-6-21-42(22-7-1)61-67-62(43-23-8-2-9-24-43)70-65(69-61)48-31-18-29-46(39-48)51-36-20-37-53-57-58-55(52-35-16-17-38-56(52)73(58)50-33-14-5-15-34-50)41-54(60(57)74-59(51)53)47-30-19-32-49(40-47)66-71-63(44-25-10-3-11-26-44)68-64(72-66)45-27-12-4-13-28-45/h1-41H. The van der Waals surface area contributed by atoms with Crippen molar-refractivity contribution in [3.8, 4) is 96.3 Å². The van der Waals surface area contributed by atoms with Crippen molar-refractivity contribution in [2.45, 2.75) is 0 Å². The molecule has 0 saturated carbocycles. The molecule has 0 saturated heterocycles. The van der Waals surface area contributed by atoms with Crippen LogP contribution in [-0.2, 0) is 0 Å². The Morgan fingerprint density at radius 1 is 0.270 bits per heavy atom. The second-order valence-corrected chi connectivity index (χ2v) is 19.3. The number of hydrogen-bond acceptors (Lipinski definition) is 7. The fraction of sp³-hybridized carbons (Fsp3) is 0. The van der Waals surface area contributed by atoms with E-state index in [1.165, 1.54) is 36.5 Å². The quantitative estimate of drug-likeness (QED) is 0.143. The van der Waals surface area contributed by atoms with E-state index in [-0.39, 0.29) is 0 Å². The van der Waals surface area contributed by atoms with Crippen molar-refractivity contribution in [3.63, 3.8) is 0 Å². The first-order valence-electron chi connectivity index (χ1n) is 24.6. The Balaban J connectivity index is 0.994. The number of thiophene rings is 1. The van der Waals surface area contributed by atoms with Gasteiger partial charge in [0.1, 0.15) is 0 Å². The summed E-state index contributed by atoms with van der Waals surface area (Å²) in [6.45, 7) is 0. The Bertz CT molecular complexity index is 4290. The first kappa shape index (κ1) is 43.1. The predicted molar refractivity (Wildman–Crippen MR) is 304 cm³/mol. The van der Waals surface area contributed by atoms with Crippen molar-refractivity contribution >= 4 is 53.3 Å². The van der Waals surface area contributed by atoms with Gasteiger partial charge in [-0.15, -0.1) is 11.3 Å². The van der Waals surface area contributed by atoms with E-state index in [2.05, 4.69) is 132 Å². The average Bonchev–Trinajstić information content (AvgIpc) is 4.07. The molecule has 14 aromatic rings. The van der Waals surface area contributed by atoms with Crippen LogP contribution in [-0.4, -0.2) is 34.5 Å². The number of nitrogens with zero attached hydrogens (tertiary/aromatic N) is 7. The molecule has 0 bridgehead atoms. The second kappa shape index (κ2) is 18.1. The van der Waals surface area contributed by atoms with Gasteiger partial charge < -0.3 is 4.57 Å². The minimum absolute atomic E-state index is 0.612. The maximum absolute atomic E-state index is 5.14. The van der Waals surface area contributed by atoms with Crippen LogP contribution in [0, 0.1) is 0 Å². The molecule has 0 spiro atoms. The Kier molecular flexibility index (Phi) is 10.6. The zero-order valence-electron chi connectivity index (χ0n) is 39.7. The molecule has 14 rings (SSSR count). The van der Waals surface area contributed by atoms with Crippen molar-refractivity contribution < 1.29 is 0 Å². The number of benzene rings is 10. The van der Waals surface area contributed by atoms with Crippen molar-refractivity contribution in [1.29, 1.82) is 0 Å². The minimum Gasteiger partial charge on any atom is -0.309 e. The van der Waals surface area contributed by atoms with Gasteiger partial charge in [0.2, 0.25) is 0 Å². The highest BCUT2D eigenvalue weighted by atomic mass is 32.1. The Morgan fingerprint density at radius 2 is 0.649 bits per heavy atom. The van der Waals surface area contributed by atoms with E-state index in [1.807, 2.05) is 133 Å². The van der Waals surface area contributed by atoms with E-state index in [4.69, 9.17) is 29.9 Å². The van der Waals surface area contributed by atoms with Gasteiger partial charge in [-0.3, -0.25) is 0 Å². The molecular weight excluding hydrogens is 923 g/mol. The number of rotatable bonds is 9. The normalized spacial score (nSPS) is 11.5. The highest BCUT2D eigenvalue weighted by Crippen LogP contribution is 2.50. The van der Waals surface area contributed by atoms with E-state index in [9.17, 15) is 0 Å². The predicted octanol–water partition coefficient (Wildman–Crippen LogP) is 16.9. The third-order valence-electron chi connectivity index (χ3n) is 13.7. The van der Waals surface area contributed by atoms with Crippen molar-refractivity contribution in [2.75, 3.05) is 0 Å². The fourth-order valence-corrected chi connectivity index (χ4v) is 11.6. The first-order valence-corrected chi connectivity index (χ1v) is 25.4. The van der Waals surface area contributed by atoms with E-state index in [0.717, 1.165) is 66.8 Å². The molecular formula is C66H41N7S. The van der Waals surface area contributed by atoms with Crippen LogP contribution in [0.3, 0.4) is 0 Å². The highest BCUT2D eigenvalue weighted by Gasteiger charge is 2.24. The van der Waals surface area contributed by atoms with E-state index < -0.39 is 0 Å². The molecule has 0 radical (unpaired) electrons. The summed E-state index contributed by atoms with van der Waals surface area (Å²) in [7, 11) is 0. The molecule has 4 aromatic heterocycles. The monoisotopic (exact) mass is 963 g/mol. The van der Waals surface area contributed by atoms with Gasteiger partial charge >= 0.3 is 0 Å². The van der Waals surface area contributed by atoms with Gasteiger partial charge in [-0.05, 0) is 53.1 Å². The summed E-state index contributed by atoms with van der Waals surface area (Å²) in [5.41, 5.74) is 13.4. The lowest BCUT2D eigenvalue weighted by molar-refractivity contribution is 1.07. The summed E-state index contributed by atoms with van der Waals surface area (Å²) in [6.07, 6.45) is 0. The molecule has 0 aliphatic heterocycles. The molecule has 0 atom stereocenters. The van der Waals surface area contributed by atoms with Gasteiger partial charge in [-0.2, -0.15) is 0 Å². The molecule has 346 valence electrons. The number of hydrogen-bond donors (Lipinski definition) is 0. The van der Waals surface area contributed by atoms with Crippen LogP contribution in [0.25, 0.3) is 138 Å². The summed E-state index contributed by atoms with van der Waals surface area (Å²) < 4.78 is 4.83. The zero-order valence-corrected chi connectivity index (χ0v) is 40.5. The lowest BCUT2D eigenvalue weighted by atomic mass is 9.96. The summed E-state index contributed by atoms with van der Waals surface area (Å²) in [5, 5.41) is 4.76. The molecule has 0 aliphatic rings. The number of aromatic nitrogens is 7. The largest absolute Gasteiger partial charge is 0.309 e. The SMILES string of the molecule is c1ccc(-c2nc(-c3ccccc3)nc(-c3cccc(-c4cccc5c4sc4c(-c6cccc(-c7nc(-c8ccccc8)nc(-c8ccccc8)n7)c6)cc6c7ccccc7n(-c7ccccc7)c6c45)c3)n2)cc1. The van der Waals surface area contributed by atoms with Crippen LogP contribution >= 0.6 is 11.3 Å². The van der Waals surface area contributed by atoms with Crippen LogP contribution in [0.4, 0.5) is 0 Å². The number of para-hydroxylation sites is 2. The highest BCUT2D eigenvalue weighted by molar-refractivity contribution is 7.27. The van der Waals surface area contributed by atoms with Crippen molar-refractivity contribution in [1.82, 2.24) is 34.5 Å². The average molecular weight is 964 g/mol. The fourth-order valence-electron chi connectivity index (χ4n) is 10.2. The summed E-state index contributed by atoms with van der Waals surface area (Å²) in [5.74, 6) is 3.74. The van der Waals surface area contributed by atoms with Gasteiger partial charge in [-0.25, -0.2) is 29.9 Å². The maximum Gasteiger partial charge on any atom is 0.164 e. The minimum atomic E-state index is 0.612. The molecule has 0 aliphatic carbocycles.